The molecular weight excluding hydrogens is 371 g/mol. The average Bonchev–Trinajstić information content (AvgIpc) is 2.70. The zero-order chi connectivity index (χ0) is 19.3. The van der Waals surface area contributed by atoms with Crippen LogP contribution in [0.5, 0.6) is 11.5 Å². The fourth-order valence-electron chi connectivity index (χ4n) is 2.94. The topological polar surface area (TPSA) is 59.1 Å². The molecular formula is C19H23FN2O4S. The minimum Gasteiger partial charge on any atom is -0.497 e. The van der Waals surface area contributed by atoms with E-state index in [1.54, 1.807) is 49.6 Å². The van der Waals surface area contributed by atoms with Crippen LogP contribution in [0, 0.1) is 5.82 Å². The van der Waals surface area contributed by atoms with Crippen LogP contribution in [0.25, 0.3) is 0 Å². The van der Waals surface area contributed by atoms with Crippen molar-refractivity contribution in [2.24, 2.45) is 0 Å². The molecule has 3 rings (SSSR count). The molecule has 0 saturated carbocycles. The van der Waals surface area contributed by atoms with Gasteiger partial charge < -0.3 is 9.47 Å². The van der Waals surface area contributed by atoms with Gasteiger partial charge in [0.05, 0.1) is 12.0 Å². The molecule has 0 aromatic heterocycles. The van der Waals surface area contributed by atoms with Gasteiger partial charge in [-0.1, -0.05) is 12.1 Å². The molecule has 2 aromatic rings. The van der Waals surface area contributed by atoms with Crippen molar-refractivity contribution in [3.8, 4) is 11.5 Å². The Kier molecular flexibility index (Phi) is 6.30. The smallest absolute Gasteiger partial charge is 0.243 e. The first kappa shape index (κ1) is 19.6. The van der Waals surface area contributed by atoms with E-state index < -0.39 is 10.0 Å². The molecule has 0 unspecified atom stereocenters. The third-order valence-corrected chi connectivity index (χ3v) is 6.44. The summed E-state index contributed by atoms with van der Waals surface area (Å²) >= 11 is 0. The van der Waals surface area contributed by atoms with Crippen LogP contribution in [0.3, 0.4) is 0 Å². The van der Waals surface area contributed by atoms with Crippen molar-refractivity contribution in [3.63, 3.8) is 0 Å². The van der Waals surface area contributed by atoms with Crippen molar-refractivity contribution in [2.45, 2.75) is 4.90 Å². The van der Waals surface area contributed by atoms with Gasteiger partial charge in [0.2, 0.25) is 10.0 Å². The molecule has 0 N–H and O–H groups in total. The maximum Gasteiger partial charge on any atom is 0.243 e. The summed E-state index contributed by atoms with van der Waals surface area (Å²) in [6.45, 7) is 3.01. The zero-order valence-electron chi connectivity index (χ0n) is 15.2. The van der Waals surface area contributed by atoms with Gasteiger partial charge in [-0.3, -0.25) is 4.90 Å². The highest BCUT2D eigenvalue weighted by Crippen LogP contribution is 2.21. The molecule has 0 radical (unpaired) electrons. The van der Waals surface area contributed by atoms with Crippen LogP contribution in [-0.2, 0) is 10.0 Å². The first-order valence-corrected chi connectivity index (χ1v) is 10.2. The maximum absolute atomic E-state index is 13.5. The highest BCUT2D eigenvalue weighted by atomic mass is 32.2. The number of halogens is 1. The second-order valence-corrected chi connectivity index (χ2v) is 8.14. The van der Waals surface area contributed by atoms with E-state index in [4.69, 9.17) is 9.47 Å². The number of sulfonamides is 1. The summed E-state index contributed by atoms with van der Waals surface area (Å²) in [5.41, 5.74) is 0. The lowest BCUT2D eigenvalue weighted by molar-refractivity contribution is 0.157. The van der Waals surface area contributed by atoms with Gasteiger partial charge >= 0.3 is 0 Å². The molecule has 1 heterocycles. The molecule has 0 aliphatic carbocycles. The number of rotatable bonds is 7. The van der Waals surface area contributed by atoms with Crippen LogP contribution in [-0.4, -0.2) is 64.1 Å². The summed E-state index contributed by atoms with van der Waals surface area (Å²) < 4.78 is 51.0. The molecule has 146 valence electrons. The number of para-hydroxylation sites is 1. The van der Waals surface area contributed by atoms with Gasteiger partial charge in [-0.2, -0.15) is 4.31 Å². The quantitative estimate of drug-likeness (QED) is 0.721. The Balaban J connectivity index is 1.50. The molecule has 0 bridgehead atoms. The number of ether oxygens (including phenoxy) is 2. The van der Waals surface area contributed by atoms with Gasteiger partial charge in [0.1, 0.15) is 12.4 Å². The first-order valence-electron chi connectivity index (χ1n) is 8.74. The summed E-state index contributed by atoms with van der Waals surface area (Å²) in [7, 11) is -1.97. The molecule has 8 heteroatoms. The van der Waals surface area contributed by atoms with E-state index >= 15 is 0 Å². The molecule has 0 atom stereocenters. The molecule has 6 nitrogen and oxygen atoms in total. The molecule has 0 spiro atoms. The monoisotopic (exact) mass is 394 g/mol. The summed E-state index contributed by atoms with van der Waals surface area (Å²) in [5, 5.41) is 0. The molecule has 2 aromatic carbocycles. The lowest BCUT2D eigenvalue weighted by atomic mass is 10.3. The van der Waals surface area contributed by atoms with Crippen molar-refractivity contribution in [3.05, 3.63) is 54.3 Å². The Labute approximate surface area is 159 Å². The molecule has 1 fully saturated rings. The van der Waals surface area contributed by atoms with Crippen molar-refractivity contribution >= 4 is 10.0 Å². The SMILES string of the molecule is COc1ccc(S(=O)(=O)N2CCN(CCOc3ccccc3F)CC2)cc1. The molecule has 1 aliphatic heterocycles. The fraction of sp³-hybridized carbons (Fsp3) is 0.368. The lowest BCUT2D eigenvalue weighted by Crippen LogP contribution is -2.49. The molecule has 1 saturated heterocycles. The number of hydrogen-bond acceptors (Lipinski definition) is 5. The second-order valence-electron chi connectivity index (χ2n) is 6.20. The third-order valence-electron chi connectivity index (χ3n) is 4.53. The first-order chi connectivity index (χ1) is 13.0. The number of benzene rings is 2. The Bertz CT molecular complexity index is 850. The highest BCUT2D eigenvalue weighted by molar-refractivity contribution is 7.89. The minimum absolute atomic E-state index is 0.234. The summed E-state index contributed by atoms with van der Waals surface area (Å²) in [5.74, 6) is 0.472. The van der Waals surface area contributed by atoms with E-state index in [9.17, 15) is 12.8 Å². The summed E-state index contributed by atoms with van der Waals surface area (Å²) in [4.78, 5) is 2.38. The Morgan fingerprint density at radius 2 is 1.67 bits per heavy atom. The third kappa shape index (κ3) is 4.77. The standard InChI is InChI=1S/C19H23FN2O4S/c1-25-16-6-8-17(9-7-16)27(23,24)22-12-10-21(11-13-22)14-15-26-19-5-3-2-4-18(19)20/h2-9H,10-15H2,1H3. The van der Waals surface area contributed by atoms with Crippen LogP contribution < -0.4 is 9.47 Å². The van der Waals surface area contributed by atoms with Crippen molar-refractivity contribution < 1.29 is 22.3 Å². The predicted octanol–water partition coefficient (Wildman–Crippen LogP) is 2.22. The van der Waals surface area contributed by atoms with Crippen molar-refractivity contribution in [1.82, 2.24) is 9.21 Å². The lowest BCUT2D eigenvalue weighted by Gasteiger charge is -2.33. The predicted molar refractivity (Wildman–Crippen MR) is 100 cm³/mol. The van der Waals surface area contributed by atoms with Crippen LogP contribution >= 0.6 is 0 Å². The Morgan fingerprint density at radius 1 is 1.00 bits per heavy atom. The minimum atomic E-state index is -3.51. The number of nitrogens with zero attached hydrogens (tertiary/aromatic N) is 2. The van der Waals surface area contributed by atoms with Crippen LogP contribution in [0.1, 0.15) is 0 Å². The van der Waals surface area contributed by atoms with E-state index in [0.717, 1.165) is 0 Å². The second kappa shape index (κ2) is 8.69. The van der Waals surface area contributed by atoms with Crippen LogP contribution in [0.2, 0.25) is 0 Å². The van der Waals surface area contributed by atoms with Gasteiger partial charge in [-0.25, -0.2) is 12.8 Å². The average molecular weight is 394 g/mol. The fourth-order valence-corrected chi connectivity index (χ4v) is 4.36. The molecule has 1 aliphatic rings. The number of piperazine rings is 1. The van der Waals surface area contributed by atoms with Crippen LogP contribution in [0.15, 0.2) is 53.4 Å². The number of hydrogen-bond donors (Lipinski definition) is 0. The van der Waals surface area contributed by atoms with E-state index in [1.165, 1.54) is 10.4 Å². The molecule has 0 amide bonds. The van der Waals surface area contributed by atoms with E-state index in [0.29, 0.717) is 45.1 Å². The molecule has 27 heavy (non-hydrogen) atoms. The van der Waals surface area contributed by atoms with E-state index in [-0.39, 0.29) is 16.5 Å². The Hall–Kier alpha value is -2.16. The van der Waals surface area contributed by atoms with Crippen molar-refractivity contribution in [1.29, 1.82) is 0 Å². The van der Waals surface area contributed by atoms with E-state index in [2.05, 4.69) is 4.90 Å². The van der Waals surface area contributed by atoms with Gasteiger partial charge in [0.25, 0.3) is 0 Å². The van der Waals surface area contributed by atoms with Gasteiger partial charge in [-0.15, -0.1) is 0 Å². The summed E-state index contributed by atoms with van der Waals surface area (Å²) in [6, 6.07) is 12.7. The zero-order valence-corrected chi connectivity index (χ0v) is 16.0. The van der Waals surface area contributed by atoms with Gasteiger partial charge in [-0.05, 0) is 36.4 Å². The van der Waals surface area contributed by atoms with Crippen molar-refractivity contribution in [2.75, 3.05) is 46.4 Å². The highest BCUT2D eigenvalue weighted by Gasteiger charge is 2.28. The van der Waals surface area contributed by atoms with Gasteiger partial charge in [0.15, 0.2) is 11.6 Å². The largest absolute Gasteiger partial charge is 0.497 e. The maximum atomic E-state index is 13.5. The van der Waals surface area contributed by atoms with Crippen LogP contribution in [0.4, 0.5) is 4.39 Å². The number of methoxy groups -OCH3 is 1. The van der Waals surface area contributed by atoms with E-state index in [1.807, 2.05) is 0 Å². The normalized spacial score (nSPS) is 16.2. The van der Waals surface area contributed by atoms with Gasteiger partial charge in [0, 0.05) is 32.7 Å². The Morgan fingerprint density at radius 3 is 2.30 bits per heavy atom. The summed E-state index contributed by atoms with van der Waals surface area (Å²) in [6.07, 6.45) is 0.